The van der Waals surface area contributed by atoms with Gasteiger partial charge in [-0.3, -0.25) is 19.2 Å². The number of pyridine rings is 1. The summed E-state index contributed by atoms with van der Waals surface area (Å²) in [4.78, 5) is 37.8. The van der Waals surface area contributed by atoms with Crippen LogP contribution in [0.4, 0.5) is 10.5 Å². The molecule has 1 aliphatic rings. The van der Waals surface area contributed by atoms with E-state index in [0.29, 0.717) is 30.5 Å². The van der Waals surface area contributed by atoms with Crippen LogP contribution in [0.1, 0.15) is 43.7 Å². The summed E-state index contributed by atoms with van der Waals surface area (Å²) in [6, 6.07) is 1.60. The molecule has 0 spiro atoms. The molecule has 1 saturated heterocycles. The molecular weight excluding hydrogens is 454 g/mol. The van der Waals surface area contributed by atoms with Gasteiger partial charge in [-0.05, 0) is 32.3 Å². The minimum atomic E-state index is -0.558. The fourth-order valence-corrected chi connectivity index (χ4v) is 4.30. The van der Waals surface area contributed by atoms with Crippen LogP contribution in [0.3, 0.4) is 0 Å². The molecule has 11 nitrogen and oxygen atoms in total. The van der Waals surface area contributed by atoms with Crippen LogP contribution in [-0.2, 0) is 21.4 Å². The van der Waals surface area contributed by atoms with E-state index in [4.69, 9.17) is 18.7 Å². The molecule has 0 bridgehead atoms. The summed E-state index contributed by atoms with van der Waals surface area (Å²) in [5.41, 5.74) is 2.16. The van der Waals surface area contributed by atoms with Gasteiger partial charge in [0.2, 0.25) is 11.5 Å². The van der Waals surface area contributed by atoms with Gasteiger partial charge in [0.25, 0.3) is 0 Å². The first-order chi connectivity index (χ1) is 16.9. The lowest BCUT2D eigenvalue weighted by atomic mass is 9.99. The van der Waals surface area contributed by atoms with Gasteiger partial charge in [-0.1, -0.05) is 6.92 Å². The topological polar surface area (TPSA) is 112 Å². The van der Waals surface area contributed by atoms with Crippen molar-refractivity contribution >= 4 is 28.8 Å². The van der Waals surface area contributed by atoms with E-state index in [0.717, 1.165) is 22.6 Å². The lowest BCUT2D eigenvalue weighted by molar-refractivity contribution is -0.0772. The average molecular weight is 486 g/mol. The normalized spacial score (nSPS) is 18.0. The number of nitrogens with zero attached hydrogens (tertiary/aromatic N) is 5. The summed E-state index contributed by atoms with van der Waals surface area (Å²) < 4.78 is 18.9. The standard InChI is InChI=1S/C24H31N5O6/c1-6-18-11-17(8-9-34-18)29(24(31)33-7-2)20-19-10-15(16-13-26-27(3)14-16)12-25-22(19)35-21(20)23(30)28(4)32-5/h10,12-14,17-18H,6-9,11H2,1-5H3/t17-,18-/m0/s1. The van der Waals surface area contributed by atoms with E-state index in [9.17, 15) is 9.59 Å². The van der Waals surface area contributed by atoms with E-state index in [-0.39, 0.29) is 30.2 Å². The largest absolute Gasteiger partial charge is 0.449 e. The smallest absolute Gasteiger partial charge is 0.414 e. The number of fused-ring (bicyclic) bond motifs is 1. The number of ether oxygens (including phenoxy) is 2. The second kappa shape index (κ2) is 10.4. The number of anilines is 1. The number of hydroxylamine groups is 2. The molecule has 35 heavy (non-hydrogen) atoms. The van der Waals surface area contributed by atoms with Crippen LogP contribution in [0, 0.1) is 0 Å². The molecule has 0 radical (unpaired) electrons. The van der Waals surface area contributed by atoms with E-state index in [1.54, 1.807) is 24.0 Å². The molecule has 11 heteroatoms. The van der Waals surface area contributed by atoms with Crippen LogP contribution in [0.2, 0.25) is 0 Å². The summed E-state index contributed by atoms with van der Waals surface area (Å²) in [7, 11) is 4.68. The van der Waals surface area contributed by atoms with Crippen LogP contribution in [0.15, 0.2) is 29.1 Å². The highest BCUT2D eigenvalue weighted by molar-refractivity contribution is 6.10. The fourth-order valence-electron chi connectivity index (χ4n) is 4.30. The second-order valence-corrected chi connectivity index (χ2v) is 8.39. The van der Waals surface area contributed by atoms with Gasteiger partial charge in [-0.2, -0.15) is 5.10 Å². The van der Waals surface area contributed by atoms with Crippen molar-refractivity contribution in [2.75, 3.05) is 32.3 Å². The van der Waals surface area contributed by atoms with E-state index >= 15 is 0 Å². The number of hydrogen-bond donors (Lipinski definition) is 0. The Hall–Kier alpha value is -3.44. The van der Waals surface area contributed by atoms with Gasteiger partial charge < -0.3 is 13.9 Å². The van der Waals surface area contributed by atoms with E-state index in [1.807, 2.05) is 26.2 Å². The highest BCUT2D eigenvalue weighted by Crippen LogP contribution is 2.39. The van der Waals surface area contributed by atoms with Gasteiger partial charge in [-0.15, -0.1) is 0 Å². The molecule has 1 aliphatic heterocycles. The number of aryl methyl sites for hydroxylation is 1. The Bertz CT molecular complexity index is 1200. The second-order valence-electron chi connectivity index (χ2n) is 8.39. The maximum atomic E-state index is 13.4. The third-order valence-electron chi connectivity index (χ3n) is 6.18. The van der Waals surface area contributed by atoms with Gasteiger partial charge in [-0.25, -0.2) is 14.8 Å². The van der Waals surface area contributed by atoms with Crippen LogP contribution < -0.4 is 4.90 Å². The number of amides is 2. The first kappa shape index (κ1) is 24.7. The van der Waals surface area contributed by atoms with Crippen LogP contribution >= 0.6 is 0 Å². The van der Waals surface area contributed by atoms with Crippen molar-refractivity contribution in [1.82, 2.24) is 19.8 Å². The monoisotopic (exact) mass is 485 g/mol. The molecule has 2 amide bonds. The van der Waals surface area contributed by atoms with Crippen molar-refractivity contribution in [3.8, 4) is 11.1 Å². The zero-order valence-electron chi connectivity index (χ0n) is 20.7. The number of furan rings is 1. The molecule has 0 unspecified atom stereocenters. The molecule has 4 heterocycles. The molecule has 3 aromatic rings. The third kappa shape index (κ3) is 4.87. The van der Waals surface area contributed by atoms with Crippen molar-refractivity contribution in [1.29, 1.82) is 0 Å². The SMILES string of the molecule is CCOC(=O)N(c1c(C(=O)N(C)OC)oc2ncc(-c3cnn(C)c3)cc12)[C@H]1CCO[C@@H](CC)C1. The molecule has 3 aromatic heterocycles. The summed E-state index contributed by atoms with van der Waals surface area (Å²) >= 11 is 0. The molecule has 1 fully saturated rings. The maximum absolute atomic E-state index is 13.4. The number of carbonyl (C=O) groups excluding carboxylic acids is 2. The van der Waals surface area contributed by atoms with E-state index in [1.165, 1.54) is 19.1 Å². The van der Waals surface area contributed by atoms with Crippen molar-refractivity contribution in [2.45, 2.75) is 45.3 Å². The number of rotatable bonds is 7. The molecule has 0 saturated carbocycles. The maximum Gasteiger partial charge on any atom is 0.414 e. The van der Waals surface area contributed by atoms with Crippen LogP contribution in [0.25, 0.3) is 22.2 Å². The summed E-state index contributed by atoms with van der Waals surface area (Å²) in [5, 5.41) is 5.80. The fraction of sp³-hybridized carbons (Fsp3) is 0.500. The molecule has 0 aliphatic carbocycles. The van der Waals surface area contributed by atoms with Gasteiger partial charge >= 0.3 is 12.0 Å². The molecular formula is C24H31N5O6. The number of hydrogen-bond acceptors (Lipinski definition) is 8. The van der Waals surface area contributed by atoms with E-state index < -0.39 is 12.0 Å². The molecule has 0 N–H and O–H groups in total. The van der Waals surface area contributed by atoms with Gasteiger partial charge in [0.1, 0.15) is 5.69 Å². The zero-order chi connectivity index (χ0) is 25.1. The Morgan fingerprint density at radius 3 is 2.71 bits per heavy atom. The highest BCUT2D eigenvalue weighted by atomic mass is 16.7. The Kier molecular flexibility index (Phi) is 7.37. The molecule has 2 atom stereocenters. The Morgan fingerprint density at radius 1 is 1.26 bits per heavy atom. The Labute approximate surface area is 203 Å². The lowest BCUT2D eigenvalue weighted by Crippen LogP contribution is -2.46. The van der Waals surface area contributed by atoms with Crippen molar-refractivity contribution in [2.24, 2.45) is 7.05 Å². The van der Waals surface area contributed by atoms with Gasteiger partial charge in [0, 0.05) is 50.3 Å². The van der Waals surface area contributed by atoms with Gasteiger partial charge in [0.15, 0.2) is 0 Å². The molecule has 0 aromatic carbocycles. The number of aromatic nitrogens is 3. The first-order valence-corrected chi connectivity index (χ1v) is 11.7. The molecule has 4 rings (SSSR count). The number of carbonyl (C=O) groups is 2. The zero-order valence-corrected chi connectivity index (χ0v) is 20.7. The minimum absolute atomic E-state index is 0.00581. The highest BCUT2D eigenvalue weighted by Gasteiger charge is 2.38. The Morgan fingerprint density at radius 2 is 2.06 bits per heavy atom. The van der Waals surface area contributed by atoms with E-state index in [2.05, 4.69) is 10.1 Å². The summed E-state index contributed by atoms with van der Waals surface area (Å²) in [6.07, 6.45) is 6.67. The van der Waals surface area contributed by atoms with Crippen molar-refractivity contribution in [3.63, 3.8) is 0 Å². The van der Waals surface area contributed by atoms with Crippen molar-refractivity contribution in [3.05, 3.63) is 30.4 Å². The average Bonchev–Trinajstić information content (AvgIpc) is 3.47. The van der Waals surface area contributed by atoms with Crippen LogP contribution in [-0.4, -0.2) is 71.3 Å². The predicted octanol–water partition coefficient (Wildman–Crippen LogP) is 3.78. The van der Waals surface area contributed by atoms with Crippen LogP contribution in [0.5, 0.6) is 0 Å². The molecule has 188 valence electrons. The van der Waals surface area contributed by atoms with Gasteiger partial charge in [0.05, 0.1) is 31.4 Å². The Balaban J connectivity index is 1.93. The van der Waals surface area contributed by atoms with Crippen molar-refractivity contribution < 1.29 is 28.3 Å². The quantitative estimate of drug-likeness (QED) is 0.465. The third-order valence-corrected chi connectivity index (χ3v) is 6.18. The summed E-state index contributed by atoms with van der Waals surface area (Å²) in [6.45, 7) is 4.47. The summed E-state index contributed by atoms with van der Waals surface area (Å²) in [5.74, 6) is -0.593. The predicted molar refractivity (Wildman–Crippen MR) is 128 cm³/mol. The first-order valence-electron chi connectivity index (χ1n) is 11.7. The lowest BCUT2D eigenvalue weighted by Gasteiger charge is -2.36. The minimum Gasteiger partial charge on any atom is -0.449 e.